The SMILES string of the molecule is O=[S@](c1nc2ccccc2[nH]1)[C@H]1CCCCc2c(OCc3ccccc3)ccnc21. The fourth-order valence-electron chi connectivity index (χ4n) is 4.03. The van der Waals surface area contributed by atoms with Crippen LogP contribution in [0.2, 0.25) is 0 Å². The molecule has 4 aromatic rings. The van der Waals surface area contributed by atoms with Crippen molar-refractivity contribution in [3.63, 3.8) is 0 Å². The first-order chi connectivity index (χ1) is 14.8. The Morgan fingerprint density at radius 3 is 2.73 bits per heavy atom. The average molecular weight is 418 g/mol. The van der Waals surface area contributed by atoms with E-state index >= 15 is 0 Å². The van der Waals surface area contributed by atoms with Gasteiger partial charge in [0.1, 0.15) is 12.4 Å². The van der Waals surface area contributed by atoms with Crippen molar-refractivity contribution in [3.8, 4) is 5.75 Å². The highest BCUT2D eigenvalue weighted by molar-refractivity contribution is 7.85. The molecule has 2 aromatic carbocycles. The van der Waals surface area contributed by atoms with E-state index in [9.17, 15) is 4.21 Å². The number of aromatic nitrogens is 3. The van der Waals surface area contributed by atoms with Crippen molar-refractivity contribution in [3.05, 3.63) is 83.7 Å². The number of para-hydroxylation sites is 2. The van der Waals surface area contributed by atoms with Gasteiger partial charge in [-0.2, -0.15) is 0 Å². The van der Waals surface area contributed by atoms with Gasteiger partial charge in [-0.3, -0.25) is 9.19 Å². The summed E-state index contributed by atoms with van der Waals surface area (Å²) in [6, 6.07) is 19.8. The van der Waals surface area contributed by atoms with E-state index in [1.54, 1.807) is 6.20 Å². The van der Waals surface area contributed by atoms with Gasteiger partial charge in [-0.1, -0.05) is 48.9 Å². The predicted octanol–water partition coefficient (Wildman–Crippen LogP) is 5.11. The van der Waals surface area contributed by atoms with Gasteiger partial charge in [0.15, 0.2) is 5.16 Å². The molecule has 0 bridgehead atoms. The topological polar surface area (TPSA) is 67.9 Å². The average Bonchev–Trinajstić information content (AvgIpc) is 3.11. The Balaban J connectivity index is 1.46. The van der Waals surface area contributed by atoms with Gasteiger partial charge in [-0.15, -0.1) is 0 Å². The van der Waals surface area contributed by atoms with Crippen LogP contribution in [-0.4, -0.2) is 19.2 Å². The number of rotatable bonds is 5. The fraction of sp³-hybridized carbons (Fsp3) is 0.250. The maximum absolute atomic E-state index is 13.5. The number of hydrogen-bond acceptors (Lipinski definition) is 4. The molecular formula is C24H23N3O2S. The van der Waals surface area contributed by atoms with E-state index < -0.39 is 10.8 Å². The fourth-order valence-corrected chi connectivity index (χ4v) is 5.48. The molecule has 0 saturated carbocycles. The minimum absolute atomic E-state index is 0.191. The number of fused-ring (bicyclic) bond motifs is 2. The maximum atomic E-state index is 13.5. The standard InChI is InChI=1S/C24H23N3O2S/c28-30(24-26-19-11-5-6-12-20(19)27-24)22-13-7-4-10-18-21(14-15-25-23(18)22)29-16-17-8-2-1-3-9-17/h1-3,5-6,8-9,11-12,14-15,22H,4,7,10,13,16H2,(H,26,27)/t22-,30-/m0/s1. The van der Waals surface area contributed by atoms with Crippen LogP contribution in [0.5, 0.6) is 5.75 Å². The molecule has 0 amide bonds. The summed E-state index contributed by atoms with van der Waals surface area (Å²) in [5.74, 6) is 0.845. The molecule has 30 heavy (non-hydrogen) atoms. The van der Waals surface area contributed by atoms with E-state index in [4.69, 9.17) is 4.74 Å². The van der Waals surface area contributed by atoms with E-state index in [0.29, 0.717) is 11.8 Å². The number of imidazole rings is 1. The Labute approximate surface area is 178 Å². The zero-order chi connectivity index (χ0) is 20.3. The first-order valence-electron chi connectivity index (χ1n) is 10.3. The van der Waals surface area contributed by atoms with E-state index in [1.807, 2.05) is 48.5 Å². The summed E-state index contributed by atoms with van der Waals surface area (Å²) in [6.07, 6.45) is 5.53. The zero-order valence-electron chi connectivity index (χ0n) is 16.6. The van der Waals surface area contributed by atoms with Gasteiger partial charge in [0.2, 0.25) is 0 Å². The van der Waals surface area contributed by atoms with Crippen LogP contribution in [0, 0.1) is 0 Å². The smallest absolute Gasteiger partial charge is 0.198 e. The normalized spacial score (nSPS) is 17.3. The number of nitrogens with one attached hydrogen (secondary N) is 1. The van der Waals surface area contributed by atoms with Crippen molar-refractivity contribution in [2.75, 3.05) is 0 Å². The molecule has 0 radical (unpaired) electrons. The molecule has 1 aliphatic rings. The van der Waals surface area contributed by atoms with Crippen LogP contribution in [-0.2, 0) is 23.8 Å². The molecule has 0 unspecified atom stereocenters. The quantitative estimate of drug-likeness (QED) is 0.458. The third-order valence-electron chi connectivity index (χ3n) is 5.55. The van der Waals surface area contributed by atoms with Gasteiger partial charge in [-0.25, -0.2) is 4.98 Å². The van der Waals surface area contributed by atoms with Crippen molar-refractivity contribution in [2.45, 2.75) is 42.7 Å². The van der Waals surface area contributed by atoms with Gasteiger partial charge < -0.3 is 9.72 Å². The van der Waals surface area contributed by atoms with E-state index in [-0.39, 0.29) is 5.25 Å². The van der Waals surface area contributed by atoms with Crippen molar-refractivity contribution in [2.24, 2.45) is 0 Å². The molecule has 5 nitrogen and oxygen atoms in total. The Bertz CT molecular complexity index is 1160. The monoisotopic (exact) mass is 417 g/mol. The van der Waals surface area contributed by atoms with Crippen molar-refractivity contribution in [1.82, 2.24) is 15.0 Å². The molecule has 0 aliphatic heterocycles. The summed E-state index contributed by atoms with van der Waals surface area (Å²) in [7, 11) is -1.31. The third kappa shape index (κ3) is 3.75. The van der Waals surface area contributed by atoms with E-state index in [2.05, 4.69) is 27.1 Å². The highest BCUT2D eigenvalue weighted by Gasteiger charge is 2.30. The molecule has 1 N–H and O–H groups in total. The van der Waals surface area contributed by atoms with Crippen LogP contribution < -0.4 is 4.74 Å². The summed E-state index contributed by atoms with van der Waals surface area (Å²) in [4.78, 5) is 12.5. The second-order valence-corrected chi connectivity index (χ2v) is 9.09. The van der Waals surface area contributed by atoms with Gasteiger partial charge in [0.05, 0.1) is 32.8 Å². The number of benzene rings is 2. The Kier molecular flexibility index (Phi) is 5.32. The Morgan fingerprint density at radius 2 is 1.87 bits per heavy atom. The number of nitrogens with zero attached hydrogens (tertiary/aromatic N) is 2. The van der Waals surface area contributed by atoms with Crippen molar-refractivity contribution < 1.29 is 8.95 Å². The summed E-state index contributed by atoms with van der Waals surface area (Å²) >= 11 is 0. The van der Waals surface area contributed by atoms with E-state index in [0.717, 1.165) is 59.3 Å². The lowest BCUT2D eigenvalue weighted by molar-refractivity contribution is 0.302. The van der Waals surface area contributed by atoms with Gasteiger partial charge in [-0.05, 0) is 43.0 Å². The highest BCUT2D eigenvalue weighted by atomic mass is 32.2. The Morgan fingerprint density at radius 1 is 1.03 bits per heavy atom. The van der Waals surface area contributed by atoms with Crippen LogP contribution >= 0.6 is 0 Å². The zero-order valence-corrected chi connectivity index (χ0v) is 17.4. The largest absolute Gasteiger partial charge is 0.488 e. The van der Waals surface area contributed by atoms with Gasteiger partial charge in [0, 0.05) is 11.8 Å². The molecule has 0 fully saturated rings. The van der Waals surface area contributed by atoms with Crippen LogP contribution in [0.25, 0.3) is 11.0 Å². The number of ether oxygens (including phenoxy) is 1. The summed E-state index contributed by atoms with van der Waals surface area (Å²) in [5.41, 5.74) is 4.83. The lowest BCUT2D eigenvalue weighted by Crippen LogP contribution is -2.12. The summed E-state index contributed by atoms with van der Waals surface area (Å²) < 4.78 is 19.7. The van der Waals surface area contributed by atoms with Crippen LogP contribution in [0.3, 0.4) is 0 Å². The molecule has 2 atom stereocenters. The molecule has 2 heterocycles. The lowest BCUT2D eigenvalue weighted by atomic mass is 10.1. The molecule has 5 rings (SSSR count). The summed E-state index contributed by atoms with van der Waals surface area (Å²) in [5, 5.41) is 0.329. The first kappa shape index (κ1) is 19.0. The van der Waals surface area contributed by atoms with Crippen LogP contribution in [0.1, 0.15) is 41.3 Å². The third-order valence-corrected chi connectivity index (χ3v) is 7.10. The maximum Gasteiger partial charge on any atom is 0.198 e. The number of aromatic amines is 1. The minimum Gasteiger partial charge on any atom is -0.488 e. The second-order valence-electron chi connectivity index (χ2n) is 7.54. The van der Waals surface area contributed by atoms with E-state index in [1.165, 1.54) is 0 Å². The second kappa shape index (κ2) is 8.40. The molecule has 2 aromatic heterocycles. The summed E-state index contributed by atoms with van der Waals surface area (Å²) in [6.45, 7) is 0.509. The molecule has 1 aliphatic carbocycles. The predicted molar refractivity (Wildman–Crippen MR) is 118 cm³/mol. The molecule has 0 spiro atoms. The number of pyridine rings is 1. The minimum atomic E-state index is -1.31. The van der Waals surface area contributed by atoms with Crippen LogP contribution in [0.4, 0.5) is 0 Å². The lowest BCUT2D eigenvalue weighted by Gasteiger charge is -2.17. The number of H-pyrrole nitrogens is 1. The number of hydrogen-bond donors (Lipinski definition) is 1. The molecule has 6 heteroatoms. The first-order valence-corrected chi connectivity index (χ1v) is 11.5. The highest BCUT2D eigenvalue weighted by Crippen LogP contribution is 2.37. The van der Waals surface area contributed by atoms with Gasteiger partial charge >= 0.3 is 0 Å². The molecular weight excluding hydrogens is 394 g/mol. The Hall–Kier alpha value is -2.99. The molecule has 152 valence electrons. The molecule has 0 saturated heterocycles. The van der Waals surface area contributed by atoms with Gasteiger partial charge in [0.25, 0.3) is 0 Å². The van der Waals surface area contributed by atoms with Crippen molar-refractivity contribution in [1.29, 1.82) is 0 Å². The van der Waals surface area contributed by atoms with Crippen LogP contribution in [0.15, 0.2) is 72.0 Å². The van der Waals surface area contributed by atoms with Crippen molar-refractivity contribution >= 4 is 21.8 Å².